The molecule has 0 bridgehead atoms. The lowest BCUT2D eigenvalue weighted by Gasteiger charge is -2.37. The predicted octanol–water partition coefficient (Wildman–Crippen LogP) is 0.932. The summed E-state index contributed by atoms with van der Waals surface area (Å²) in [5.41, 5.74) is 0. The molecule has 13 heavy (non-hydrogen) atoms. The topological polar surface area (TPSA) is 30.5 Å². The molecule has 0 radical (unpaired) electrons. The van der Waals surface area contributed by atoms with Gasteiger partial charge in [-0.15, -0.1) is 0 Å². The molecule has 1 N–H and O–H groups in total. The minimum Gasteiger partial charge on any atom is -0.380 e. The molecule has 0 aromatic rings. The molecule has 1 saturated heterocycles. The summed E-state index contributed by atoms with van der Waals surface area (Å²) in [6.45, 7) is 4.74. The Morgan fingerprint density at radius 2 is 2.23 bits per heavy atom. The maximum absolute atomic E-state index is 5.50. The van der Waals surface area contributed by atoms with Crippen LogP contribution in [0.1, 0.15) is 26.2 Å². The number of hydrogen-bond acceptors (Lipinski definition) is 3. The molecule has 3 heteroatoms. The largest absolute Gasteiger partial charge is 0.380 e. The Kier molecular flexibility index (Phi) is 3.19. The van der Waals surface area contributed by atoms with Crippen molar-refractivity contribution in [2.75, 3.05) is 19.8 Å². The average molecular weight is 185 g/mol. The van der Waals surface area contributed by atoms with Crippen LogP contribution in [-0.2, 0) is 9.47 Å². The van der Waals surface area contributed by atoms with Gasteiger partial charge in [0.1, 0.15) is 0 Å². The summed E-state index contributed by atoms with van der Waals surface area (Å²) in [5, 5.41) is 3.60. The van der Waals surface area contributed by atoms with Crippen molar-refractivity contribution < 1.29 is 9.47 Å². The molecule has 1 saturated carbocycles. The van der Waals surface area contributed by atoms with Gasteiger partial charge in [-0.1, -0.05) is 0 Å². The van der Waals surface area contributed by atoms with Gasteiger partial charge in [-0.25, -0.2) is 0 Å². The van der Waals surface area contributed by atoms with E-state index in [0.717, 1.165) is 19.8 Å². The molecule has 1 heterocycles. The molecule has 76 valence electrons. The van der Waals surface area contributed by atoms with Gasteiger partial charge in [0.15, 0.2) is 0 Å². The van der Waals surface area contributed by atoms with Crippen LogP contribution in [0.2, 0.25) is 0 Å². The van der Waals surface area contributed by atoms with Crippen LogP contribution in [0, 0.1) is 0 Å². The fourth-order valence-corrected chi connectivity index (χ4v) is 2.07. The minimum atomic E-state index is 0.518. The van der Waals surface area contributed by atoms with Gasteiger partial charge < -0.3 is 14.8 Å². The van der Waals surface area contributed by atoms with Gasteiger partial charge >= 0.3 is 0 Å². The predicted molar refractivity (Wildman–Crippen MR) is 50.8 cm³/mol. The van der Waals surface area contributed by atoms with E-state index in [0.29, 0.717) is 18.2 Å². The molecular weight excluding hydrogens is 166 g/mol. The number of rotatable bonds is 4. The lowest BCUT2D eigenvalue weighted by molar-refractivity contribution is -0.0126. The Bertz CT molecular complexity index is 151. The highest BCUT2D eigenvalue weighted by molar-refractivity contribution is 4.89. The first-order valence-corrected chi connectivity index (χ1v) is 5.34. The molecule has 3 nitrogen and oxygen atoms in total. The highest BCUT2D eigenvalue weighted by atomic mass is 16.5. The summed E-state index contributed by atoms with van der Waals surface area (Å²) in [4.78, 5) is 0. The van der Waals surface area contributed by atoms with E-state index in [9.17, 15) is 0 Å². The van der Waals surface area contributed by atoms with Gasteiger partial charge in [0.25, 0.3) is 0 Å². The molecule has 2 aliphatic rings. The van der Waals surface area contributed by atoms with Crippen LogP contribution in [0.15, 0.2) is 0 Å². The van der Waals surface area contributed by atoms with Crippen LogP contribution in [0.3, 0.4) is 0 Å². The third kappa shape index (κ3) is 2.42. The fraction of sp³-hybridized carbons (Fsp3) is 1.00. The first-order chi connectivity index (χ1) is 6.38. The summed E-state index contributed by atoms with van der Waals surface area (Å²) >= 11 is 0. The van der Waals surface area contributed by atoms with Crippen LogP contribution in [-0.4, -0.2) is 38.0 Å². The SMILES string of the molecule is CCOC1CC(NC2CCOC2)C1. The molecule has 2 fully saturated rings. The molecule has 1 unspecified atom stereocenters. The van der Waals surface area contributed by atoms with E-state index in [4.69, 9.17) is 9.47 Å². The smallest absolute Gasteiger partial charge is 0.0620 e. The second-order valence-electron chi connectivity index (χ2n) is 3.97. The molecule has 1 atom stereocenters. The van der Waals surface area contributed by atoms with E-state index in [1.54, 1.807) is 0 Å². The monoisotopic (exact) mass is 185 g/mol. The molecule has 0 spiro atoms. The zero-order valence-electron chi connectivity index (χ0n) is 8.29. The van der Waals surface area contributed by atoms with Crippen molar-refractivity contribution in [2.45, 2.75) is 44.4 Å². The van der Waals surface area contributed by atoms with Crippen molar-refractivity contribution >= 4 is 0 Å². The fourth-order valence-electron chi connectivity index (χ4n) is 2.07. The Balaban J connectivity index is 1.58. The van der Waals surface area contributed by atoms with Crippen LogP contribution >= 0.6 is 0 Å². The van der Waals surface area contributed by atoms with Crippen molar-refractivity contribution in [1.82, 2.24) is 5.32 Å². The Morgan fingerprint density at radius 1 is 1.38 bits per heavy atom. The van der Waals surface area contributed by atoms with Crippen molar-refractivity contribution in [3.63, 3.8) is 0 Å². The molecule has 1 aliphatic heterocycles. The number of nitrogens with one attached hydrogen (secondary N) is 1. The highest BCUT2D eigenvalue weighted by Gasteiger charge is 2.31. The molecule has 0 aromatic heterocycles. The minimum absolute atomic E-state index is 0.518. The van der Waals surface area contributed by atoms with Crippen molar-refractivity contribution in [3.8, 4) is 0 Å². The van der Waals surface area contributed by atoms with E-state index < -0.39 is 0 Å². The highest BCUT2D eigenvalue weighted by Crippen LogP contribution is 2.24. The zero-order valence-corrected chi connectivity index (χ0v) is 8.29. The van der Waals surface area contributed by atoms with E-state index >= 15 is 0 Å². The van der Waals surface area contributed by atoms with E-state index in [1.807, 2.05) is 0 Å². The quantitative estimate of drug-likeness (QED) is 0.707. The van der Waals surface area contributed by atoms with Crippen LogP contribution in [0.4, 0.5) is 0 Å². The van der Waals surface area contributed by atoms with Crippen LogP contribution in [0.5, 0.6) is 0 Å². The second kappa shape index (κ2) is 4.40. The standard InChI is InChI=1S/C10H19NO2/c1-2-13-10-5-9(6-10)11-8-3-4-12-7-8/h8-11H,2-7H2,1H3. The zero-order chi connectivity index (χ0) is 9.10. The average Bonchev–Trinajstić information content (AvgIpc) is 2.53. The summed E-state index contributed by atoms with van der Waals surface area (Å²) in [5.74, 6) is 0. The Labute approximate surface area is 79.8 Å². The lowest BCUT2D eigenvalue weighted by atomic mass is 9.88. The third-order valence-corrected chi connectivity index (χ3v) is 2.90. The summed E-state index contributed by atoms with van der Waals surface area (Å²) in [6.07, 6.45) is 4.06. The molecule has 0 amide bonds. The van der Waals surface area contributed by atoms with Crippen LogP contribution in [0.25, 0.3) is 0 Å². The van der Waals surface area contributed by atoms with E-state index in [-0.39, 0.29) is 0 Å². The van der Waals surface area contributed by atoms with Gasteiger partial charge in [0, 0.05) is 25.3 Å². The Morgan fingerprint density at radius 3 is 2.85 bits per heavy atom. The maximum atomic E-state index is 5.50. The maximum Gasteiger partial charge on any atom is 0.0620 e. The molecule has 0 aromatic carbocycles. The normalized spacial score (nSPS) is 39.0. The molecule has 2 rings (SSSR count). The summed E-state index contributed by atoms with van der Waals surface area (Å²) in [7, 11) is 0. The first kappa shape index (κ1) is 9.44. The van der Waals surface area contributed by atoms with E-state index in [1.165, 1.54) is 19.3 Å². The Hall–Kier alpha value is -0.120. The number of hydrogen-bond donors (Lipinski definition) is 1. The molecule has 1 aliphatic carbocycles. The lowest BCUT2D eigenvalue weighted by Crippen LogP contribution is -2.49. The van der Waals surface area contributed by atoms with Gasteiger partial charge in [-0.2, -0.15) is 0 Å². The summed E-state index contributed by atoms with van der Waals surface area (Å²) < 4.78 is 10.8. The first-order valence-electron chi connectivity index (χ1n) is 5.34. The van der Waals surface area contributed by atoms with Crippen molar-refractivity contribution in [3.05, 3.63) is 0 Å². The molecular formula is C10H19NO2. The van der Waals surface area contributed by atoms with E-state index in [2.05, 4.69) is 12.2 Å². The van der Waals surface area contributed by atoms with Gasteiger partial charge in [-0.05, 0) is 26.2 Å². The van der Waals surface area contributed by atoms with Crippen molar-refractivity contribution in [1.29, 1.82) is 0 Å². The third-order valence-electron chi connectivity index (χ3n) is 2.90. The van der Waals surface area contributed by atoms with Crippen LogP contribution < -0.4 is 5.32 Å². The van der Waals surface area contributed by atoms with Gasteiger partial charge in [0.2, 0.25) is 0 Å². The summed E-state index contributed by atoms with van der Waals surface area (Å²) in [6, 6.07) is 1.29. The second-order valence-corrected chi connectivity index (χ2v) is 3.97. The van der Waals surface area contributed by atoms with Gasteiger partial charge in [0.05, 0.1) is 12.7 Å². The van der Waals surface area contributed by atoms with Crippen molar-refractivity contribution in [2.24, 2.45) is 0 Å². The van der Waals surface area contributed by atoms with Gasteiger partial charge in [-0.3, -0.25) is 0 Å². The number of ether oxygens (including phenoxy) is 2.